The number of para-hydroxylation sites is 1. The Morgan fingerprint density at radius 3 is 2.58 bits per heavy atom. The lowest BCUT2D eigenvalue weighted by Gasteiger charge is -2.16. The van der Waals surface area contributed by atoms with Gasteiger partial charge in [0, 0.05) is 31.3 Å². The summed E-state index contributed by atoms with van der Waals surface area (Å²) < 4.78 is 10.8. The molecule has 3 N–H and O–H groups in total. The summed E-state index contributed by atoms with van der Waals surface area (Å²) in [5, 5.41) is 16.5. The number of benzene rings is 1. The maximum absolute atomic E-state index is 12.4. The Bertz CT molecular complexity index is 1200. The molecule has 1 aromatic carbocycles. The Kier molecular flexibility index (Phi) is 6.29. The van der Waals surface area contributed by atoms with Crippen molar-refractivity contribution in [1.82, 2.24) is 25.5 Å². The monoisotopic (exact) mass is 449 g/mol. The molecule has 0 radical (unpaired) electrons. The molecule has 4 rings (SSSR count). The molecule has 11 nitrogen and oxygen atoms in total. The van der Waals surface area contributed by atoms with Gasteiger partial charge in [-0.2, -0.15) is 4.98 Å². The average Bonchev–Trinajstić information content (AvgIpc) is 3.69. The minimum Gasteiger partial charge on any atom is -0.494 e. The minimum atomic E-state index is -0.434. The van der Waals surface area contributed by atoms with Crippen molar-refractivity contribution < 1.29 is 19.1 Å². The molecule has 0 atom stereocenters. The van der Waals surface area contributed by atoms with E-state index in [0.717, 1.165) is 12.8 Å². The van der Waals surface area contributed by atoms with E-state index in [0.29, 0.717) is 34.4 Å². The fourth-order valence-electron chi connectivity index (χ4n) is 3.17. The van der Waals surface area contributed by atoms with Crippen LogP contribution in [0.4, 0.5) is 17.2 Å². The maximum Gasteiger partial charge on any atom is 0.273 e. The van der Waals surface area contributed by atoms with Gasteiger partial charge in [-0.25, -0.2) is 4.98 Å². The van der Waals surface area contributed by atoms with Crippen LogP contribution in [0.3, 0.4) is 0 Å². The number of ether oxygens (including phenoxy) is 2. The van der Waals surface area contributed by atoms with Gasteiger partial charge in [0.25, 0.3) is 5.91 Å². The van der Waals surface area contributed by atoms with E-state index in [9.17, 15) is 9.59 Å². The first-order valence-corrected chi connectivity index (χ1v) is 10.3. The van der Waals surface area contributed by atoms with Crippen molar-refractivity contribution in [2.45, 2.75) is 12.8 Å². The number of rotatable bonds is 8. The zero-order chi connectivity index (χ0) is 23.4. The summed E-state index contributed by atoms with van der Waals surface area (Å²) in [7, 11) is 4.55. The molecule has 2 heterocycles. The van der Waals surface area contributed by atoms with Crippen molar-refractivity contribution in [3.63, 3.8) is 0 Å². The summed E-state index contributed by atoms with van der Waals surface area (Å²) in [4.78, 5) is 33.2. The molecule has 0 saturated heterocycles. The Morgan fingerprint density at radius 1 is 1.06 bits per heavy atom. The van der Waals surface area contributed by atoms with E-state index in [1.165, 1.54) is 21.3 Å². The fraction of sp³-hybridized carbons (Fsp3) is 0.273. The number of amides is 2. The van der Waals surface area contributed by atoms with Crippen LogP contribution in [-0.4, -0.2) is 53.2 Å². The van der Waals surface area contributed by atoms with Crippen LogP contribution in [0.25, 0.3) is 11.4 Å². The molecule has 0 bridgehead atoms. The van der Waals surface area contributed by atoms with Crippen molar-refractivity contribution in [2.24, 2.45) is 5.92 Å². The van der Waals surface area contributed by atoms with Crippen LogP contribution in [0.5, 0.6) is 11.6 Å². The lowest BCUT2D eigenvalue weighted by atomic mass is 10.1. The predicted molar refractivity (Wildman–Crippen MR) is 121 cm³/mol. The van der Waals surface area contributed by atoms with Crippen molar-refractivity contribution in [3.05, 3.63) is 42.2 Å². The third-order valence-corrected chi connectivity index (χ3v) is 5.00. The highest BCUT2D eigenvalue weighted by molar-refractivity contribution is 6.00. The van der Waals surface area contributed by atoms with Gasteiger partial charge in [-0.15, -0.1) is 10.2 Å². The molecule has 1 saturated carbocycles. The van der Waals surface area contributed by atoms with Crippen LogP contribution in [0.15, 0.2) is 36.5 Å². The van der Waals surface area contributed by atoms with Crippen molar-refractivity contribution in [2.75, 3.05) is 31.9 Å². The summed E-state index contributed by atoms with van der Waals surface area (Å²) in [5.74, 6) is 0.973. The molecule has 1 aliphatic carbocycles. The van der Waals surface area contributed by atoms with E-state index in [4.69, 9.17) is 9.47 Å². The van der Waals surface area contributed by atoms with Crippen LogP contribution >= 0.6 is 0 Å². The molecule has 3 aromatic rings. The molecular formula is C22H23N7O4. The van der Waals surface area contributed by atoms with Crippen molar-refractivity contribution in [3.8, 4) is 23.0 Å². The lowest BCUT2D eigenvalue weighted by molar-refractivity contribution is -0.117. The molecule has 2 amide bonds. The van der Waals surface area contributed by atoms with E-state index < -0.39 is 5.91 Å². The number of carbonyl (C=O) groups excluding carboxylic acids is 2. The number of nitrogens with one attached hydrogen (secondary N) is 3. The Labute approximate surface area is 190 Å². The molecular weight excluding hydrogens is 426 g/mol. The van der Waals surface area contributed by atoms with E-state index in [1.807, 2.05) is 6.07 Å². The van der Waals surface area contributed by atoms with Crippen LogP contribution in [0.1, 0.15) is 23.3 Å². The first kappa shape index (κ1) is 21.9. The topological polar surface area (TPSA) is 140 Å². The SMILES string of the molecule is CNC(=O)c1nnc(NC(=O)C2CC2)cc1Nc1cccc(-c2nccc(OC)n2)c1OC. The van der Waals surface area contributed by atoms with Gasteiger partial charge < -0.3 is 25.4 Å². The molecule has 0 spiro atoms. The number of aromatic nitrogens is 4. The Balaban J connectivity index is 1.72. The van der Waals surface area contributed by atoms with Gasteiger partial charge in [0.05, 0.1) is 31.2 Å². The van der Waals surface area contributed by atoms with Gasteiger partial charge in [0.15, 0.2) is 23.1 Å². The molecule has 170 valence electrons. The molecule has 1 fully saturated rings. The van der Waals surface area contributed by atoms with Crippen LogP contribution in [0, 0.1) is 5.92 Å². The molecule has 33 heavy (non-hydrogen) atoms. The standard InChI is InChI=1S/C22H23N7O4/c1-23-22(31)18-15(11-16(28-29-18)26-21(30)12-7-8-12)25-14-6-4-5-13(19(14)33-3)20-24-10-9-17(27-20)32-2/h4-6,9-12H,7-8H2,1-3H3,(H,23,31)(H2,25,26,28,30). The predicted octanol–water partition coefficient (Wildman–Crippen LogP) is 2.40. The lowest BCUT2D eigenvalue weighted by Crippen LogP contribution is -2.22. The molecule has 0 unspecified atom stereocenters. The number of carbonyl (C=O) groups is 2. The second-order valence-electron chi connectivity index (χ2n) is 7.27. The third-order valence-electron chi connectivity index (χ3n) is 5.00. The number of hydrogen-bond donors (Lipinski definition) is 3. The first-order valence-electron chi connectivity index (χ1n) is 10.3. The van der Waals surface area contributed by atoms with E-state index in [2.05, 4.69) is 36.1 Å². The van der Waals surface area contributed by atoms with E-state index >= 15 is 0 Å². The smallest absolute Gasteiger partial charge is 0.273 e. The molecule has 1 aliphatic rings. The van der Waals surface area contributed by atoms with E-state index in [-0.39, 0.29) is 23.3 Å². The minimum absolute atomic E-state index is 0.00136. The molecule has 2 aromatic heterocycles. The maximum atomic E-state index is 12.4. The quantitative estimate of drug-likeness (QED) is 0.473. The van der Waals surface area contributed by atoms with Gasteiger partial charge in [-0.1, -0.05) is 6.07 Å². The average molecular weight is 449 g/mol. The van der Waals surface area contributed by atoms with Crippen LogP contribution in [0.2, 0.25) is 0 Å². The zero-order valence-corrected chi connectivity index (χ0v) is 18.4. The van der Waals surface area contributed by atoms with Crippen molar-refractivity contribution >= 4 is 29.0 Å². The third kappa shape index (κ3) is 4.81. The largest absolute Gasteiger partial charge is 0.494 e. The summed E-state index contributed by atoms with van der Waals surface area (Å²) in [6.07, 6.45) is 3.31. The summed E-state index contributed by atoms with van der Waals surface area (Å²) in [5.41, 5.74) is 1.57. The van der Waals surface area contributed by atoms with Gasteiger partial charge >= 0.3 is 0 Å². The van der Waals surface area contributed by atoms with Gasteiger partial charge in [-0.05, 0) is 25.0 Å². The van der Waals surface area contributed by atoms with Crippen LogP contribution in [-0.2, 0) is 4.79 Å². The Hall–Kier alpha value is -4.28. The number of methoxy groups -OCH3 is 2. The fourth-order valence-corrected chi connectivity index (χ4v) is 3.17. The van der Waals surface area contributed by atoms with E-state index in [1.54, 1.807) is 30.5 Å². The number of hydrogen-bond acceptors (Lipinski definition) is 9. The normalized spacial score (nSPS) is 12.6. The second-order valence-corrected chi connectivity index (χ2v) is 7.27. The van der Waals surface area contributed by atoms with Crippen LogP contribution < -0.4 is 25.4 Å². The first-order chi connectivity index (χ1) is 16.0. The summed E-state index contributed by atoms with van der Waals surface area (Å²) >= 11 is 0. The van der Waals surface area contributed by atoms with Gasteiger partial charge in [0.1, 0.15) is 0 Å². The second kappa shape index (κ2) is 9.47. The zero-order valence-electron chi connectivity index (χ0n) is 18.4. The van der Waals surface area contributed by atoms with Crippen molar-refractivity contribution in [1.29, 1.82) is 0 Å². The van der Waals surface area contributed by atoms with Gasteiger partial charge in [0.2, 0.25) is 11.8 Å². The summed E-state index contributed by atoms with van der Waals surface area (Å²) in [6.45, 7) is 0. The highest BCUT2D eigenvalue weighted by Crippen LogP contribution is 2.37. The Morgan fingerprint density at radius 2 is 1.88 bits per heavy atom. The highest BCUT2D eigenvalue weighted by atomic mass is 16.5. The summed E-state index contributed by atoms with van der Waals surface area (Å²) in [6, 6.07) is 8.59. The molecule has 11 heteroatoms. The highest BCUT2D eigenvalue weighted by Gasteiger charge is 2.30. The number of anilines is 3. The van der Waals surface area contributed by atoms with Gasteiger partial charge in [-0.3, -0.25) is 9.59 Å². The number of nitrogens with zero attached hydrogens (tertiary/aromatic N) is 4. The molecule has 0 aliphatic heterocycles.